The zero-order valence-corrected chi connectivity index (χ0v) is 11.5. The molecule has 0 radical (unpaired) electrons. The molecule has 1 aliphatic carbocycles. The minimum Gasteiger partial charge on any atom is -0.329 e. The molecule has 19 heavy (non-hydrogen) atoms. The number of nitrogens with zero attached hydrogens (tertiary/aromatic N) is 2. The van der Waals surface area contributed by atoms with E-state index in [1.807, 2.05) is 16.7 Å². The van der Waals surface area contributed by atoms with Gasteiger partial charge in [-0.2, -0.15) is 0 Å². The van der Waals surface area contributed by atoms with Crippen LogP contribution in [0.5, 0.6) is 0 Å². The van der Waals surface area contributed by atoms with E-state index in [2.05, 4.69) is 12.2 Å². The zero-order valence-electron chi connectivity index (χ0n) is 11.5. The van der Waals surface area contributed by atoms with Crippen LogP contribution in [0.4, 0.5) is 0 Å². The molecule has 2 saturated heterocycles. The molecule has 0 saturated carbocycles. The van der Waals surface area contributed by atoms with Crippen LogP contribution in [0, 0.1) is 0 Å². The fraction of sp³-hybridized carbons (Fsp3) is 0.733. The van der Waals surface area contributed by atoms with Crippen LogP contribution in [0.2, 0.25) is 0 Å². The first-order valence-corrected chi connectivity index (χ1v) is 7.48. The van der Waals surface area contributed by atoms with Crippen LogP contribution in [0.25, 0.3) is 0 Å². The standard InChI is InChI=1S/C15H22N2O2/c1-11-14(18)16-10-6-5-9-13(16)15(19)17(11)12-7-3-2-4-8-12/h2-3,11-13H,4-10H2,1H3. The number of hydrogen-bond acceptors (Lipinski definition) is 2. The first-order valence-electron chi connectivity index (χ1n) is 7.48. The Labute approximate surface area is 114 Å². The number of fused-ring (bicyclic) bond motifs is 1. The fourth-order valence-corrected chi connectivity index (χ4v) is 3.70. The van der Waals surface area contributed by atoms with Crippen molar-refractivity contribution >= 4 is 11.8 Å². The van der Waals surface area contributed by atoms with Gasteiger partial charge in [-0.15, -0.1) is 0 Å². The van der Waals surface area contributed by atoms with E-state index in [1.165, 1.54) is 0 Å². The fourth-order valence-electron chi connectivity index (χ4n) is 3.70. The number of carbonyl (C=O) groups is 2. The maximum absolute atomic E-state index is 12.7. The lowest BCUT2D eigenvalue weighted by Crippen LogP contribution is -2.67. The van der Waals surface area contributed by atoms with Gasteiger partial charge in [0, 0.05) is 12.6 Å². The Bertz CT molecular complexity index is 418. The second-order valence-corrected chi connectivity index (χ2v) is 5.90. The number of piperazine rings is 1. The maximum Gasteiger partial charge on any atom is 0.246 e. The van der Waals surface area contributed by atoms with Gasteiger partial charge < -0.3 is 9.80 Å². The summed E-state index contributed by atoms with van der Waals surface area (Å²) in [6.07, 6.45) is 10.2. The molecule has 0 bridgehead atoms. The molecule has 2 amide bonds. The summed E-state index contributed by atoms with van der Waals surface area (Å²) in [6, 6.07) is -0.234. The molecular weight excluding hydrogens is 240 g/mol. The van der Waals surface area contributed by atoms with Crippen molar-refractivity contribution in [3.8, 4) is 0 Å². The van der Waals surface area contributed by atoms with Gasteiger partial charge in [-0.05, 0) is 45.4 Å². The Balaban J connectivity index is 1.85. The smallest absolute Gasteiger partial charge is 0.246 e. The minimum atomic E-state index is -0.279. The first-order chi connectivity index (χ1) is 9.20. The van der Waals surface area contributed by atoms with Gasteiger partial charge in [-0.1, -0.05) is 12.2 Å². The van der Waals surface area contributed by atoms with Crippen molar-refractivity contribution in [2.45, 2.75) is 63.6 Å². The van der Waals surface area contributed by atoms with Crippen LogP contribution in [0.3, 0.4) is 0 Å². The SMILES string of the molecule is CC1C(=O)N2CCCCC2C(=O)N1C1CC=CCC1. The van der Waals surface area contributed by atoms with Crippen molar-refractivity contribution in [3.63, 3.8) is 0 Å². The third-order valence-electron chi connectivity index (χ3n) is 4.73. The van der Waals surface area contributed by atoms with Crippen LogP contribution >= 0.6 is 0 Å². The first kappa shape index (κ1) is 12.7. The van der Waals surface area contributed by atoms with E-state index in [1.54, 1.807) is 0 Å². The van der Waals surface area contributed by atoms with Crippen LogP contribution in [0.15, 0.2) is 12.2 Å². The van der Waals surface area contributed by atoms with Gasteiger partial charge in [0.15, 0.2) is 0 Å². The minimum absolute atomic E-state index is 0.152. The van der Waals surface area contributed by atoms with E-state index < -0.39 is 0 Å². The van der Waals surface area contributed by atoms with Crippen LogP contribution < -0.4 is 0 Å². The molecule has 104 valence electrons. The lowest BCUT2D eigenvalue weighted by Gasteiger charge is -2.49. The Kier molecular flexibility index (Phi) is 3.33. The molecule has 2 aliphatic heterocycles. The summed E-state index contributed by atoms with van der Waals surface area (Å²) in [7, 11) is 0. The van der Waals surface area contributed by atoms with Crippen molar-refractivity contribution in [1.82, 2.24) is 9.80 Å². The molecule has 4 heteroatoms. The monoisotopic (exact) mass is 262 g/mol. The Hall–Kier alpha value is -1.32. The van der Waals surface area contributed by atoms with E-state index in [4.69, 9.17) is 0 Å². The quantitative estimate of drug-likeness (QED) is 0.675. The van der Waals surface area contributed by atoms with E-state index in [0.29, 0.717) is 0 Å². The Morgan fingerprint density at radius 3 is 2.68 bits per heavy atom. The summed E-state index contributed by atoms with van der Waals surface area (Å²) >= 11 is 0. The van der Waals surface area contributed by atoms with E-state index in [0.717, 1.165) is 45.1 Å². The number of allylic oxidation sites excluding steroid dienone is 1. The predicted octanol–water partition coefficient (Wildman–Crippen LogP) is 1.71. The van der Waals surface area contributed by atoms with E-state index in [9.17, 15) is 9.59 Å². The van der Waals surface area contributed by atoms with Gasteiger partial charge in [0.1, 0.15) is 12.1 Å². The molecule has 4 nitrogen and oxygen atoms in total. The summed E-state index contributed by atoms with van der Waals surface area (Å²) in [4.78, 5) is 28.9. The molecule has 0 aromatic heterocycles. The van der Waals surface area contributed by atoms with Gasteiger partial charge >= 0.3 is 0 Å². The van der Waals surface area contributed by atoms with Crippen molar-refractivity contribution in [1.29, 1.82) is 0 Å². The summed E-state index contributed by atoms with van der Waals surface area (Å²) in [5.74, 6) is 0.339. The van der Waals surface area contributed by atoms with Crippen molar-refractivity contribution < 1.29 is 9.59 Å². The van der Waals surface area contributed by atoms with Gasteiger partial charge in [0.25, 0.3) is 0 Å². The highest BCUT2D eigenvalue weighted by Gasteiger charge is 2.46. The van der Waals surface area contributed by atoms with E-state index >= 15 is 0 Å². The second-order valence-electron chi connectivity index (χ2n) is 5.90. The highest BCUT2D eigenvalue weighted by molar-refractivity contribution is 5.97. The van der Waals surface area contributed by atoms with Crippen molar-refractivity contribution in [2.75, 3.05) is 6.54 Å². The van der Waals surface area contributed by atoms with Gasteiger partial charge in [-0.3, -0.25) is 9.59 Å². The molecule has 3 rings (SSSR count). The number of piperidine rings is 1. The molecule has 3 atom stereocenters. The zero-order chi connectivity index (χ0) is 13.4. The van der Waals surface area contributed by atoms with Crippen molar-refractivity contribution in [2.24, 2.45) is 0 Å². The molecule has 0 aromatic carbocycles. The summed E-state index contributed by atoms with van der Waals surface area (Å²) < 4.78 is 0. The third kappa shape index (κ3) is 2.07. The highest BCUT2D eigenvalue weighted by atomic mass is 16.2. The Morgan fingerprint density at radius 2 is 1.95 bits per heavy atom. The number of amides is 2. The van der Waals surface area contributed by atoms with E-state index in [-0.39, 0.29) is 29.9 Å². The summed E-state index contributed by atoms with van der Waals surface area (Å²) in [5, 5.41) is 0. The molecule has 0 spiro atoms. The summed E-state index contributed by atoms with van der Waals surface area (Å²) in [5.41, 5.74) is 0. The lowest BCUT2D eigenvalue weighted by molar-refractivity contribution is -0.165. The highest BCUT2D eigenvalue weighted by Crippen LogP contribution is 2.30. The van der Waals surface area contributed by atoms with Gasteiger partial charge in [0.2, 0.25) is 11.8 Å². The molecular formula is C15H22N2O2. The van der Waals surface area contributed by atoms with Gasteiger partial charge in [-0.25, -0.2) is 0 Å². The molecule has 3 aliphatic rings. The van der Waals surface area contributed by atoms with Crippen LogP contribution in [0.1, 0.15) is 45.4 Å². The number of carbonyl (C=O) groups excluding carboxylic acids is 2. The predicted molar refractivity (Wildman–Crippen MR) is 72.4 cm³/mol. The van der Waals surface area contributed by atoms with Crippen LogP contribution in [-0.4, -0.2) is 46.3 Å². The number of hydrogen-bond donors (Lipinski definition) is 0. The third-order valence-corrected chi connectivity index (χ3v) is 4.73. The molecule has 2 fully saturated rings. The molecule has 3 unspecified atom stereocenters. The average molecular weight is 262 g/mol. The number of rotatable bonds is 1. The topological polar surface area (TPSA) is 40.6 Å². The van der Waals surface area contributed by atoms with Gasteiger partial charge in [0.05, 0.1) is 0 Å². The molecule has 0 aromatic rings. The molecule has 0 N–H and O–H groups in total. The maximum atomic E-state index is 12.7. The average Bonchev–Trinajstić information content (AvgIpc) is 2.46. The molecule has 2 heterocycles. The lowest BCUT2D eigenvalue weighted by atomic mass is 9.91. The Morgan fingerprint density at radius 1 is 1.11 bits per heavy atom. The summed E-state index contributed by atoms with van der Waals surface area (Å²) in [6.45, 7) is 2.65. The van der Waals surface area contributed by atoms with Crippen molar-refractivity contribution in [3.05, 3.63) is 12.2 Å². The normalized spacial score (nSPS) is 35.5. The largest absolute Gasteiger partial charge is 0.329 e. The second kappa shape index (κ2) is 4.99. The van der Waals surface area contributed by atoms with Crippen LogP contribution in [-0.2, 0) is 9.59 Å².